The molecular weight excluding hydrogens is 312 g/mol. The number of rotatable bonds is 2. The van der Waals surface area contributed by atoms with Gasteiger partial charge in [-0.05, 0) is 31.0 Å². The van der Waals surface area contributed by atoms with Crippen LogP contribution >= 0.6 is 0 Å². The van der Waals surface area contributed by atoms with Gasteiger partial charge in [0, 0.05) is 30.1 Å². The third kappa shape index (κ3) is 2.44. The molecule has 0 radical (unpaired) electrons. The molecule has 0 saturated heterocycles. The van der Waals surface area contributed by atoms with Crippen molar-refractivity contribution in [2.24, 2.45) is 0 Å². The van der Waals surface area contributed by atoms with Crippen LogP contribution in [0.2, 0.25) is 0 Å². The largest absolute Gasteiger partial charge is 0.332 e. The summed E-state index contributed by atoms with van der Waals surface area (Å²) in [7, 11) is 0. The Labute approximate surface area is 135 Å². The molecule has 24 heavy (non-hydrogen) atoms. The number of nitrogens with one attached hydrogen (secondary N) is 3. The minimum absolute atomic E-state index is 0.0825. The Morgan fingerprint density at radius 2 is 2.12 bits per heavy atom. The summed E-state index contributed by atoms with van der Waals surface area (Å²) < 4.78 is 5.23. The molecule has 3 aromatic heterocycles. The molecule has 0 atom stereocenters. The van der Waals surface area contributed by atoms with Crippen LogP contribution in [0.1, 0.15) is 16.8 Å². The first-order valence-electron chi connectivity index (χ1n) is 7.48. The van der Waals surface area contributed by atoms with E-state index in [1.807, 2.05) is 13.1 Å². The highest BCUT2D eigenvalue weighted by Crippen LogP contribution is 2.29. The molecule has 0 spiro atoms. The zero-order valence-corrected chi connectivity index (χ0v) is 12.8. The van der Waals surface area contributed by atoms with Gasteiger partial charge in [0.05, 0.1) is 0 Å². The van der Waals surface area contributed by atoms with Gasteiger partial charge in [0.1, 0.15) is 5.69 Å². The maximum atomic E-state index is 11.4. The molecule has 9 nitrogen and oxygen atoms in total. The fourth-order valence-corrected chi connectivity index (χ4v) is 2.89. The van der Waals surface area contributed by atoms with Crippen LogP contribution in [0.5, 0.6) is 0 Å². The lowest BCUT2D eigenvalue weighted by molar-refractivity contribution is 0.430. The lowest BCUT2D eigenvalue weighted by atomic mass is 9.95. The molecule has 1 aliphatic rings. The molecule has 9 heteroatoms. The van der Waals surface area contributed by atoms with Crippen molar-refractivity contribution in [1.29, 1.82) is 0 Å². The molecule has 4 rings (SSSR count). The first-order chi connectivity index (χ1) is 11.6. The number of nitrogens with zero attached hydrogens (tertiary/aromatic N) is 3. The number of aromatic amines is 2. The van der Waals surface area contributed by atoms with Crippen molar-refractivity contribution in [2.45, 2.75) is 19.9 Å². The van der Waals surface area contributed by atoms with Crippen molar-refractivity contribution in [3.63, 3.8) is 0 Å². The van der Waals surface area contributed by atoms with Gasteiger partial charge in [0.2, 0.25) is 5.82 Å². The quantitative estimate of drug-likeness (QED) is 0.610. The van der Waals surface area contributed by atoms with Crippen LogP contribution in [-0.2, 0) is 13.0 Å². The van der Waals surface area contributed by atoms with Gasteiger partial charge in [-0.25, -0.2) is 4.79 Å². The molecule has 1 aliphatic heterocycles. The van der Waals surface area contributed by atoms with Gasteiger partial charge in [0.15, 0.2) is 0 Å². The number of aryl methyl sites for hydroxylation is 1. The van der Waals surface area contributed by atoms with E-state index in [9.17, 15) is 9.59 Å². The van der Waals surface area contributed by atoms with Crippen LogP contribution in [0.25, 0.3) is 23.0 Å². The number of hydrogen-bond acceptors (Lipinski definition) is 7. The standard InChI is InChI=1S/C15H14N6O3/c1-7-12(9-2-3-16-5-8(9)6-17-7)13-20-14(24-21-13)10-4-11(22)19-15(23)18-10/h4,6,16H,2-3,5H2,1H3,(H2,18,19,22,23). The molecular formula is C15H14N6O3. The average Bonchev–Trinajstić information content (AvgIpc) is 3.03. The Kier molecular flexibility index (Phi) is 3.35. The Bertz CT molecular complexity index is 1000. The third-order valence-corrected chi connectivity index (χ3v) is 3.97. The van der Waals surface area contributed by atoms with Crippen LogP contribution in [0.4, 0.5) is 0 Å². The van der Waals surface area contributed by atoms with Crippen LogP contribution in [-0.4, -0.2) is 31.6 Å². The summed E-state index contributed by atoms with van der Waals surface area (Å²) in [5.41, 5.74) is 2.93. The second-order valence-electron chi connectivity index (χ2n) is 5.57. The smallest absolute Gasteiger partial charge is 0.326 e. The van der Waals surface area contributed by atoms with Gasteiger partial charge in [-0.3, -0.25) is 14.8 Å². The highest BCUT2D eigenvalue weighted by Gasteiger charge is 2.21. The summed E-state index contributed by atoms with van der Waals surface area (Å²) >= 11 is 0. The first-order valence-corrected chi connectivity index (χ1v) is 7.48. The molecule has 0 amide bonds. The van der Waals surface area contributed by atoms with E-state index < -0.39 is 11.2 Å². The van der Waals surface area contributed by atoms with E-state index in [1.54, 1.807) is 0 Å². The van der Waals surface area contributed by atoms with Crippen molar-refractivity contribution in [3.05, 3.63) is 49.9 Å². The number of aromatic nitrogens is 5. The van der Waals surface area contributed by atoms with E-state index in [4.69, 9.17) is 4.52 Å². The molecule has 0 aliphatic carbocycles. The monoisotopic (exact) mass is 326 g/mol. The van der Waals surface area contributed by atoms with Crippen LogP contribution < -0.4 is 16.6 Å². The highest BCUT2D eigenvalue weighted by molar-refractivity contribution is 5.66. The van der Waals surface area contributed by atoms with Crippen molar-refractivity contribution in [2.75, 3.05) is 6.54 Å². The summed E-state index contributed by atoms with van der Waals surface area (Å²) in [6, 6.07) is 1.20. The second kappa shape index (κ2) is 5.53. The summed E-state index contributed by atoms with van der Waals surface area (Å²) in [6.07, 6.45) is 2.70. The molecule has 0 unspecified atom stereocenters. The minimum atomic E-state index is -0.627. The van der Waals surface area contributed by atoms with Gasteiger partial charge in [-0.15, -0.1) is 0 Å². The van der Waals surface area contributed by atoms with Gasteiger partial charge >= 0.3 is 5.69 Å². The first kappa shape index (κ1) is 14.5. The van der Waals surface area contributed by atoms with Crippen LogP contribution in [0.3, 0.4) is 0 Å². The Morgan fingerprint density at radius 3 is 2.96 bits per heavy atom. The average molecular weight is 326 g/mol. The summed E-state index contributed by atoms with van der Waals surface area (Å²) in [6.45, 7) is 3.51. The number of fused-ring (bicyclic) bond motifs is 1. The predicted molar refractivity (Wildman–Crippen MR) is 84.4 cm³/mol. The fraction of sp³-hybridized carbons (Fsp3) is 0.267. The fourth-order valence-electron chi connectivity index (χ4n) is 2.89. The number of pyridine rings is 1. The normalized spacial score (nSPS) is 13.7. The predicted octanol–water partition coefficient (Wildman–Crippen LogP) is 0.129. The van der Waals surface area contributed by atoms with E-state index in [1.165, 1.54) is 6.07 Å². The van der Waals surface area contributed by atoms with E-state index in [0.717, 1.165) is 41.9 Å². The Hall–Kier alpha value is -3.07. The molecule has 0 saturated carbocycles. The lowest BCUT2D eigenvalue weighted by Gasteiger charge is -2.19. The third-order valence-electron chi connectivity index (χ3n) is 3.97. The molecule has 0 fully saturated rings. The number of hydrogen-bond donors (Lipinski definition) is 3. The maximum absolute atomic E-state index is 11.4. The van der Waals surface area contributed by atoms with Crippen molar-refractivity contribution >= 4 is 0 Å². The molecule has 0 bridgehead atoms. The van der Waals surface area contributed by atoms with E-state index in [-0.39, 0.29) is 11.6 Å². The van der Waals surface area contributed by atoms with Gasteiger partial charge in [-0.2, -0.15) is 4.98 Å². The second-order valence-corrected chi connectivity index (χ2v) is 5.57. The summed E-state index contributed by atoms with van der Waals surface area (Å²) in [4.78, 5) is 36.1. The van der Waals surface area contributed by atoms with Crippen molar-refractivity contribution in [1.82, 2.24) is 30.4 Å². The zero-order valence-electron chi connectivity index (χ0n) is 12.8. The SMILES string of the molecule is Cc1ncc2c(c1-c1noc(-c3cc(=O)[nH]c(=O)[nH]3)n1)CCNC2. The lowest BCUT2D eigenvalue weighted by Crippen LogP contribution is -2.24. The maximum Gasteiger partial charge on any atom is 0.326 e. The molecule has 3 aromatic rings. The van der Waals surface area contributed by atoms with Crippen LogP contribution in [0, 0.1) is 6.92 Å². The van der Waals surface area contributed by atoms with E-state index in [0.29, 0.717) is 5.82 Å². The zero-order chi connectivity index (χ0) is 16.7. The van der Waals surface area contributed by atoms with E-state index in [2.05, 4.69) is 30.4 Å². The van der Waals surface area contributed by atoms with Gasteiger partial charge in [-0.1, -0.05) is 5.16 Å². The van der Waals surface area contributed by atoms with Gasteiger partial charge in [0.25, 0.3) is 11.4 Å². The molecule has 0 aromatic carbocycles. The highest BCUT2D eigenvalue weighted by atomic mass is 16.5. The topological polar surface area (TPSA) is 130 Å². The van der Waals surface area contributed by atoms with Gasteiger partial charge < -0.3 is 14.8 Å². The van der Waals surface area contributed by atoms with Crippen LogP contribution in [0.15, 0.2) is 26.4 Å². The molecule has 122 valence electrons. The number of H-pyrrole nitrogens is 2. The summed E-state index contributed by atoms with van der Waals surface area (Å²) in [5, 5.41) is 7.31. The summed E-state index contributed by atoms with van der Waals surface area (Å²) in [5.74, 6) is 0.481. The molecule has 3 N–H and O–H groups in total. The Morgan fingerprint density at radius 1 is 1.25 bits per heavy atom. The molecule has 4 heterocycles. The van der Waals surface area contributed by atoms with Crippen molar-refractivity contribution in [3.8, 4) is 23.0 Å². The van der Waals surface area contributed by atoms with Crippen molar-refractivity contribution < 1.29 is 4.52 Å². The minimum Gasteiger partial charge on any atom is -0.332 e. The van der Waals surface area contributed by atoms with E-state index >= 15 is 0 Å². The Balaban J connectivity index is 1.84.